The maximum atomic E-state index is 13.5. The van der Waals surface area contributed by atoms with Gasteiger partial charge in [0.25, 0.3) is 11.7 Å². The minimum atomic E-state index is -0.872. The highest BCUT2D eigenvalue weighted by Crippen LogP contribution is 2.43. The van der Waals surface area contributed by atoms with Crippen molar-refractivity contribution in [3.8, 4) is 17.2 Å². The van der Waals surface area contributed by atoms with E-state index in [1.807, 2.05) is 43.3 Å². The number of aliphatic hydroxyl groups excluding tert-OH is 1. The highest BCUT2D eigenvalue weighted by molar-refractivity contribution is 6.46. The molecule has 0 spiro atoms. The minimum Gasteiger partial charge on any atom is -0.507 e. The monoisotopic (exact) mass is 550 g/mol. The summed E-state index contributed by atoms with van der Waals surface area (Å²) in [4.78, 5) is 32.5. The fourth-order valence-electron chi connectivity index (χ4n) is 4.98. The molecular formula is C33H30N2O6. The van der Waals surface area contributed by atoms with Crippen LogP contribution < -0.4 is 14.2 Å². The SMILES string of the molecule is COc1ccc([C@H]2/C(=C(\O)c3ccc(OCc4ccccc4)cc3C)C(=O)C(=O)N2Cc2cccnc2)cc1OC. The first-order valence-electron chi connectivity index (χ1n) is 13.1. The zero-order chi connectivity index (χ0) is 28.9. The molecule has 1 aliphatic rings. The molecule has 0 saturated carbocycles. The molecule has 0 unspecified atom stereocenters. The topological polar surface area (TPSA) is 98.2 Å². The zero-order valence-electron chi connectivity index (χ0n) is 23.0. The summed E-state index contributed by atoms with van der Waals surface area (Å²) in [6, 6.07) is 22.9. The molecule has 1 atom stereocenters. The van der Waals surface area contributed by atoms with Crippen molar-refractivity contribution in [1.29, 1.82) is 0 Å². The maximum absolute atomic E-state index is 13.5. The van der Waals surface area contributed by atoms with Crippen LogP contribution in [-0.4, -0.2) is 40.9 Å². The predicted octanol–water partition coefficient (Wildman–Crippen LogP) is 5.61. The van der Waals surface area contributed by atoms with E-state index in [1.54, 1.807) is 54.9 Å². The summed E-state index contributed by atoms with van der Waals surface area (Å²) in [6.45, 7) is 2.34. The Hall–Kier alpha value is -5.11. The van der Waals surface area contributed by atoms with E-state index in [2.05, 4.69) is 4.98 Å². The molecule has 0 bridgehead atoms. The number of nitrogens with zero attached hydrogens (tertiary/aromatic N) is 2. The van der Waals surface area contributed by atoms with E-state index in [0.29, 0.717) is 40.5 Å². The average molecular weight is 551 g/mol. The van der Waals surface area contributed by atoms with Gasteiger partial charge in [0.1, 0.15) is 18.1 Å². The number of ether oxygens (including phenoxy) is 3. The van der Waals surface area contributed by atoms with Gasteiger partial charge in [-0.25, -0.2) is 0 Å². The van der Waals surface area contributed by atoms with E-state index in [9.17, 15) is 14.7 Å². The molecule has 0 aliphatic carbocycles. The smallest absolute Gasteiger partial charge is 0.295 e. The van der Waals surface area contributed by atoms with E-state index < -0.39 is 17.7 Å². The van der Waals surface area contributed by atoms with Gasteiger partial charge in [-0.05, 0) is 65.6 Å². The molecule has 4 aromatic rings. The number of aliphatic hydroxyl groups is 1. The van der Waals surface area contributed by atoms with E-state index in [-0.39, 0.29) is 17.9 Å². The molecular weight excluding hydrogens is 520 g/mol. The number of likely N-dealkylation sites (tertiary alicyclic amines) is 1. The molecule has 8 heteroatoms. The Morgan fingerprint density at radius 3 is 2.34 bits per heavy atom. The number of pyridine rings is 1. The Kier molecular flexibility index (Phi) is 8.01. The maximum Gasteiger partial charge on any atom is 0.295 e. The van der Waals surface area contributed by atoms with Crippen molar-refractivity contribution >= 4 is 17.4 Å². The number of aromatic nitrogens is 1. The number of hydrogen-bond donors (Lipinski definition) is 1. The average Bonchev–Trinajstić information content (AvgIpc) is 3.25. The molecule has 0 radical (unpaired) electrons. The van der Waals surface area contributed by atoms with E-state index in [0.717, 1.165) is 11.1 Å². The summed E-state index contributed by atoms with van der Waals surface area (Å²) in [5, 5.41) is 11.6. The number of carbonyl (C=O) groups is 2. The molecule has 1 aromatic heterocycles. The highest BCUT2D eigenvalue weighted by Gasteiger charge is 2.46. The lowest BCUT2D eigenvalue weighted by Crippen LogP contribution is -2.29. The number of methoxy groups -OCH3 is 2. The standard InChI is InChI=1S/C33H30N2O6/c1-21-16-25(41-20-22-8-5-4-6-9-22)12-13-26(21)31(36)29-30(24-11-14-27(39-2)28(17-24)40-3)35(33(38)32(29)37)19-23-10-7-15-34-18-23/h4-18,30,36H,19-20H2,1-3H3/b31-29+/t30-/m0/s1. The summed E-state index contributed by atoms with van der Waals surface area (Å²) < 4.78 is 16.8. The molecule has 3 aromatic carbocycles. The van der Waals surface area contributed by atoms with Crippen LogP contribution in [0.5, 0.6) is 17.2 Å². The molecule has 8 nitrogen and oxygen atoms in total. The third-order valence-electron chi connectivity index (χ3n) is 7.04. The summed E-state index contributed by atoms with van der Waals surface area (Å²) >= 11 is 0. The molecule has 41 heavy (non-hydrogen) atoms. The second-order valence-electron chi connectivity index (χ2n) is 9.65. The van der Waals surface area contributed by atoms with Crippen molar-refractivity contribution in [3.63, 3.8) is 0 Å². The first kappa shape index (κ1) is 27.5. The Morgan fingerprint density at radius 1 is 0.902 bits per heavy atom. The normalized spacial score (nSPS) is 16.1. The Morgan fingerprint density at radius 2 is 1.66 bits per heavy atom. The summed E-state index contributed by atoms with van der Waals surface area (Å²) in [5.74, 6) is -0.179. The van der Waals surface area contributed by atoms with Crippen molar-refractivity contribution in [2.75, 3.05) is 14.2 Å². The second-order valence-corrected chi connectivity index (χ2v) is 9.65. The van der Waals surface area contributed by atoms with Gasteiger partial charge < -0.3 is 24.2 Å². The van der Waals surface area contributed by atoms with Crippen LogP contribution in [0, 0.1) is 6.92 Å². The number of aryl methyl sites for hydroxylation is 1. The van der Waals surface area contributed by atoms with Gasteiger partial charge in [-0.15, -0.1) is 0 Å². The van der Waals surface area contributed by atoms with Crippen molar-refractivity contribution in [3.05, 3.63) is 125 Å². The van der Waals surface area contributed by atoms with Crippen molar-refractivity contribution in [2.24, 2.45) is 0 Å². The molecule has 1 aliphatic heterocycles. The van der Waals surface area contributed by atoms with Crippen LogP contribution in [0.4, 0.5) is 0 Å². The molecule has 1 saturated heterocycles. The van der Waals surface area contributed by atoms with Gasteiger partial charge in [-0.3, -0.25) is 14.6 Å². The van der Waals surface area contributed by atoms with Crippen LogP contribution in [0.2, 0.25) is 0 Å². The van der Waals surface area contributed by atoms with Crippen LogP contribution in [0.3, 0.4) is 0 Å². The number of amides is 1. The van der Waals surface area contributed by atoms with Crippen LogP contribution >= 0.6 is 0 Å². The van der Waals surface area contributed by atoms with Gasteiger partial charge in [0.15, 0.2) is 11.5 Å². The number of ketones is 1. The van der Waals surface area contributed by atoms with Gasteiger partial charge in [0.2, 0.25) is 0 Å². The number of benzene rings is 3. The van der Waals surface area contributed by atoms with Crippen LogP contribution in [0.1, 0.15) is 33.9 Å². The van der Waals surface area contributed by atoms with E-state index in [4.69, 9.17) is 14.2 Å². The quantitative estimate of drug-likeness (QED) is 0.164. The summed E-state index contributed by atoms with van der Waals surface area (Å²) in [6.07, 6.45) is 3.28. The fourth-order valence-corrected chi connectivity index (χ4v) is 4.98. The van der Waals surface area contributed by atoms with Gasteiger partial charge in [0.05, 0.1) is 25.8 Å². The van der Waals surface area contributed by atoms with Crippen molar-refractivity contribution in [1.82, 2.24) is 9.88 Å². The number of carbonyl (C=O) groups excluding carboxylic acids is 2. The summed E-state index contributed by atoms with van der Waals surface area (Å²) in [5.41, 5.74) is 3.48. The van der Waals surface area contributed by atoms with Gasteiger partial charge in [-0.1, -0.05) is 42.5 Å². The van der Waals surface area contributed by atoms with Gasteiger partial charge in [-0.2, -0.15) is 0 Å². The van der Waals surface area contributed by atoms with Crippen molar-refractivity contribution < 1.29 is 28.9 Å². The Labute approximate surface area is 238 Å². The lowest BCUT2D eigenvalue weighted by atomic mass is 9.93. The van der Waals surface area contributed by atoms with E-state index in [1.165, 1.54) is 19.1 Å². The predicted molar refractivity (Wildman–Crippen MR) is 154 cm³/mol. The molecule has 5 rings (SSSR count). The van der Waals surface area contributed by atoms with E-state index >= 15 is 0 Å². The minimum absolute atomic E-state index is 0.00726. The number of rotatable bonds is 9. The Bertz CT molecular complexity index is 1600. The van der Waals surface area contributed by atoms with Crippen LogP contribution in [0.15, 0.2) is 96.8 Å². The first-order chi connectivity index (χ1) is 19.9. The third kappa shape index (κ3) is 5.63. The third-order valence-corrected chi connectivity index (χ3v) is 7.04. The lowest BCUT2D eigenvalue weighted by Gasteiger charge is -2.26. The van der Waals surface area contributed by atoms with Crippen molar-refractivity contribution in [2.45, 2.75) is 26.1 Å². The van der Waals surface area contributed by atoms with Crippen LogP contribution in [0.25, 0.3) is 5.76 Å². The van der Waals surface area contributed by atoms with Gasteiger partial charge >= 0.3 is 0 Å². The second kappa shape index (κ2) is 12.0. The molecule has 1 fully saturated rings. The largest absolute Gasteiger partial charge is 0.507 e. The molecule has 2 heterocycles. The fraction of sp³-hybridized carbons (Fsp3) is 0.182. The number of Topliss-reactive ketones (excluding diaryl/α,β-unsaturated/α-hetero) is 1. The van der Waals surface area contributed by atoms with Gasteiger partial charge in [0, 0.05) is 24.5 Å². The summed E-state index contributed by atoms with van der Waals surface area (Å²) in [7, 11) is 3.04. The molecule has 208 valence electrons. The lowest BCUT2D eigenvalue weighted by molar-refractivity contribution is -0.140. The highest BCUT2D eigenvalue weighted by atomic mass is 16.5. The first-order valence-corrected chi connectivity index (χ1v) is 13.1. The molecule has 1 amide bonds. The Balaban J connectivity index is 1.56. The number of hydrogen-bond acceptors (Lipinski definition) is 7. The molecule has 1 N–H and O–H groups in total. The zero-order valence-corrected chi connectivity index (χ0v) is 23.0. The van der Waals surface area contributed by atoms with Crippen LogP contribution in [-0.2, 0) is 22.7 Å².